The maximum Gasteiger partial charge on any atom is 0.256 e. The molecule has 0 radical (unpaired) electrons. The molecule has 0 aliphatic carbocycles. The van der Waals surface area contributed by atoms with E-state index in [2.05, 4.69) is 22.2 Å². The summed E-state index contributed by atoms with van der Waals surface area (Å²) in [6, 6.07) is 12.0. The van der Waals surface area contributed by atoms with Crippen molar-refractivity contribution in [1.82, 2.24) is 14.7 Å². The van der Waals surface area contributed by atoms with Crippen LogP contribution in [-0.2, 0) is 9.59 Å². The first kappa shape index (κ1) is 27.0. The Kier molecular flexibility index (Phi) is 9.07. The molecule has 2 aliphatic rings. The van der Waals surface area contributed by atoms with E-state index in [4.69, 9.17) is 17.0 Å². The van der Waals surface area contributed by atoms with Gasteiger partial charge in [-0.25, -0.2) is 4.39 Å². The van der Waals surface area contributed by atoms with Crippen LogP contribution in [0.2, 0.25) is 0 Å². The van der Waals surface area contributed by atoms with Crippen LogP contribution < -0.4 is 15.0 Å². The highest BCUT2D eigenvalue weighted by atomic mass is 32.1. The third-order valence-electron chi connectivity index (χ3n) is 6.70. The molecule has 2 fully saturated rings. The van der Waals surface area contributed by atoms with Gasteiger partial charge in [-0.2, -0.15) is 0 Å². The van der Waals surface area contributed by atoms with E-state index in [-0.39, 0.29) is 18.2 Å². The Labute approximate surface area is 223 Å². The molecule has 37 heavy (non-hydrogen) atoms. The Morgan fingerprint density at radius 2 is 1.73 bits per heavy atom. The second-order valence-electron chi connectivity index (χ2n) is 9.35. The summed E-state index contributed by atoms with van der Waals surface area (Å²) >= 11 is 5.71. The van der Waals surface area contributed by atoms with Gasteiger partial charge >= 0.3 is 0 Å². The number of nitrogens with zero attached hydrogens (tertiary/aromatic N) is 4. The van der Waals surface area contributed by atoms with E-state index in [1.54, 1.807) is 24.3 Å². The number of likely N-dealkylation sites (N-methyl/N-ethyl adjacent to an activating group) is 1. The standard InChI is InChI=1S/C27H34FN5O3S/c1-3-36-23-11-7-21(8-12-23)29-25(34)19-24-26(35)33(22-9-5-20(28)6-10-22)27(37)32(24)14-4-13-31-17-15-30(2)16-18-31/h5-12,24H,3-4,13-19H2,1-2H3,(H,29,34). The van der Waals surface area contributed by atoms with Gasteiger partial charge in [0.05, 0.1) is 18.7 Å². The molecule has 1 unspecified atom stereocenters. The van der Waals surface area contributed by atoms with Gasteiger partial charge in [-0.15, -0.1) is 0 Å². The zero-order valence-electron chi connectivity index (χ0n) is 21.4. The lowest BCUT2D eigenvalue weighted by atomic mass is 10.1. The van der Waals surface area contributed by atoms with Crippen molar-refractivity contribution in [2.24, 2.45) is 0 Å². The molecule has 2 aliphatic heterocycles. The number of hydrogen-bond donors (Lipinski definition) is 1. The molecule has 8 nitrogen and oxygen atoms in total. The van der Waals surface area contributed by atoms with Crippen molar-refractivity contribution in [1.29, 1.82) is 0 Å². The zero-order valence-corrected chi connectivity index (χ0v) is 22.2. The Hall–Kier alpha value is -3.08. The van der Waals surface area contributed by atoms with E-state index in [0.29, 0.717) is 29.6 Å². The second-order valence-corrected chi connectivity index (χ2v) is 9.72. The SMILES string of the molecule is CCOc1ccc(NC(=O)CC2C(=O)N(c3ccc(F)cc3)C(=S)N2CCCN2CCN(C)CC2)cc1. The van der Waals surface area contributed by atoms with Gasteiger partial charge in [0.15, 0.2) is 5.11 Å². The molecule has 2 aromatic rings. The third kappa shape index (κ3) is 6.82. The van der Waals surface area contributed by atoms with E-state index in [1.165, 1.54) is 29.2 Å². The number of nitrogens with one attached hydrogen (secondary N) is 1. The van der Waals surface area contributed by atoms with Crippen LogP contribution in [0.15, 0.2) is 48.5 Å². The number of hydrogen-bond acceptors (Lipinski definition) is 6. The van der Waals surface area contributed by atoms with E-state index >= 15 is 0 Å². The first-order valence-electron chi connectivity index (χ1n) is 12.7. The number of amides is 2. The van der Waals surface area contributed by atoms with Crippen molar-refractivity contribution in [3.63, 3.8) is 0 Å². The fourth-order valence-electron chi connectivity index (χ4n) is 4.64. The fraction of sp³-hybridized carbons (Fsp3) is 0.444. The molecular formula is C27H34FN5O3S. The van der Waals surface area contributed by atoms with Crippen molar-refractivity contribution in [2.45, 2.75) is 25.8 Å². The van der Waals surface area contributed by atoms with Gasteiger partial charge in [0, 0.05) is 38.4 Å². The quantitative estimate of drug-likeness (QED) is 0.476. The molecule has 4 rings (SSSR count). The first-order valence-corrected chi connectivity index (χ1v) is 13.1. The smallest absolute Gasteiger partial charge is 0.256 e. The lowest BCUT2D eigenvalue weighted by molar-refractivity contribution is -0.124. The Balaban J connectivity index is 1.44. The van der Waals surface area contributed by atoms with Crippen LogP contribution >= 0.6 is 12.2 Å². The molecule has 0 aromatic heterocycles. The zero-order chi connectivity index (χ0) is 26.4. The summed E-state index contributed by atoms with van der Waals surface area (Å²) in [5.74, 6) is -0.233. The topological polar surface area (TPSA) is 68.4 Å². The molecule has 1 atom stereocenters. The van der Waals surface area contributed by atoms with Gasteiger partial charge in [-0.05, 0) is 87.7 Å². The average Bonchev–Trinajstić information content (AvgIpc) is 3.11. The number of rotatable bonds is 10. The molecular weight excluding hydrogens is 493 g/mol. The molecule has 2 saturated heterocycles. The number of benzene rings is 2. The highest BCUT2D eigenvalue weighted by Crippen LogP contribution is 2.28. The van der Waals surface area contributed by atoms with Crippen LogP contribution in [0.3, 0.4) is 0 Å². The Morgan fingerprint density at radius 1 is 1.05 bits per heavy atom. The van der Waals surface area contributed by atoms with Crippen LogP contribution in [0.1, 0.15) is 19.8 Å². The molecule has 0 saturated carbocycles. The lowest BCUT2D eigenvalue weighted by Crippen LogP contribution is -2.45. The molecule has 2 amide bonds. The first-order chi connectivity index (χ1) is 17.9. The van der Waals surface area contributed by atoms with Gasteiger partial charge in [-0.3, -0.25) is 14.5 Å². The second kappa shape index (κ2) is 12.4. The molecule has 198 valence electrons. The largest absolute Gasteiger partial charge is 0.494 e. The number of ether oxygens (including phenoxy) is 1. The van der Waals surface area contributed by atoms with Gasteiger partial charge in [0.2, 0.25) is 5.91 Å². The van der Waals surface area contributed by atoms with Crippen molar-refractivity contribution in [2.75, 3.05) is 63.1 Å². The lowest BCUT2D eigenvalue weighted by Gasteiger charge is -2.33. The average molecular weight is 528 g/mol. The third-order valence-corrected chi connectivity index (χ3v) is 7.12. The summed E-state index contributed by atoms with van der Waals surface area (Å²) in [4.78, 5) is 34.5. The number of carbonyl (C=O) groups excluding carboxylic acids is 2. The summed E-state index contributed by atoms with van der Waals surface area (Å²) in [6.45, 7) is 8.00. The highest BCUT2D eigenvalue weighted by molar-refractivity contribution is 7.80. The predicted molar refractivity (Wildman–Crippen MR) is 146 cm³/mol. The number of anilines is 2. The minimum Gasteiger partial charge on any atom is -0.494 e. The minimum atomic E-state index is -0.729. The predicted octanol–water partition coefficient (Wildman–Crippen LogP) is 3.19. The van der Waals surface area contributed by atoms with Crippen LogP contribution in [0.5, 0.6) is 5.75 Å². The number of carbonyl (C=O) groups is 2. The maximum absolute atomic E-state index is 13.5. The van der Waals surface area contributed by atoms with E-state index < -0.39 is 11.9 Å². The molecule has 0 bridgehead atoms. The molecule has 1 N–H and O–H groups in total. The molecule has 10 heteroatoms. The number of thiocarbonyl (C=S) groups is 1. The van der Waals surface area contributed by atoms with E-state index in [0.717, 1.165) is 44.9 Å². The molecule has 0 spiro atoms. The summed E-state index contributed by atoms with van der Waals surface area (Å²) < 4.78 is 19.0. The highest BCUT2D eigenvalue weighted by Gasteiger charge is 2.43. The van der Waals surface area contributed by atoms with E-state index in [1.807, 2.05) is 11.8 Å². The van der Waals surface area contributed by atoms with Crippen LogP contribution in [0.25, 0.3) is 0 Å². The normalized spacial score (nSPS) is 18.9. The van der Waals surface area contributed by atoms with Crippen LogP contribution in [-0.4, -0.2) is 90.6 Å². The van der Waals surface area contributed by atoms with Gasteiger partial charge in [0.1, 0.15) is 17.6 Å². The molecule has 2 heterocycles. The number of halogens is 1. The summed E-state index contributed by atoms with van der Waals surface area (Å²) in [6.07, 6.45) is 0.768. The van der Waals surface area contributed by atoms with Gasteiger partial charge in [-0.1, -0.05) is 0 Å². The summed E-state index contributed by atoms with van der Waals surface area (Å²) in [5.41, 5.74) is 1.12. The van der Waals surface area contributed by atoms with Crippen LogP contribution in [0, 0.1) is 5.82 Å². The van der Waals surface area contributed by atoms with Gasteiger partial charge < -0.3 is 24.8 Å². The Bertz CT molecular complexity index is 1090. The summed E-state index contributed by atoms with van der Waals surface area (Å²) in [5, 5.41) is 3.21. The van der Waals surface area contributed by atoms with Crippen molar-refractivity contribution >= 4 is 40.5 Å². The van der Waals surface area contributed by atoms with Gasteiger partial charge in [0.25, 0.3) is 5.91 Å². The minimum absolute atomic E-state index is 0.0433. The van der Waals surface area contributed by atoms with E-state index in [9.17, 15) is 14.0 Å². The van der Waals surface area contributed by atoms with Crippen molar-refractivity contribution in [3.8, 4) is 5.75 Å². The maximum atomic E-state index is 13.5. The number of piperazine rings is 1. The fourth-order valence-corrected chi connectivity index (χ4v) is 5.05. The van der Waals surface area contributed by atoms with Crippen LogP contribution in [0.4, 0.5) is 15.8 Å². The Morgan fingerprint density at radius 3 is 2.38 bits per heavy atom. The van der Waals surface area contributed by atoms with Crippen molar-refractivity contribution < 1.29 is 18.7 Å². The monoisotopic (exact) mass is 527 g/mol. The molecule has 2 aromatic carbocycles. The summed E-state index contributed by atoms with van der Waals surface area (Å²) in [7, 11) is 2.12. The van der Waals surface area contributed by atoms with Crippen molar-refractivity contribution in [3.05, 3.63) is 54.3 Å².